The van der Waals surface area contributed by atoms with Gasteiger partial charge in [0.1, 0.15) is 17.4 Å². The molecule has 0 aliphatic carbocycles. The maximum atomic E-state index is 13.5. The normalized spacial score (nSPS) is 17.8. The highest BCUT2D eigenvalue weighted by Gasteiger charge is 2.34. The zero-order valence-corrected chi connectivity index (χ0v) is 22.2. The number of methoxy groups -OCH3 is 1. The zero-order valence-electron chi connectivity index (χ0n) is 22.2. The first-order valence-corrected chi connectivity index (χ1v) is 12.5. The molecule has 1 aliphatic rings. The van der Waals surface area contributed by atoms with Gasteiger partial charge in [-0.2, -0.15) is 0 Å². The van der Waals surface area contributed by atoms with Crippen LogP contribution in [-0.4, -0.2) is 77.8 Å². The van der Waals surface area contributed by atoms with Crippen molar-refractivity contribution in [3.05, 3.63) is 47.7 Å². The molecule has 0 saturated carbocycles. The fourth-order valence-corrected chi connectivity index (χ4v) is 3.92. The van der Waals surface area contributed by atoms with Gasteiger partial charge in [-0.15, -0.1) is 0 Å². The molecule has 3 amide bonds. The number of urea groups is 1. The molecule has 9 nitrogen and oxygen atoms in total. The molecule has 0 radical (unpaired) electrons. The predicted molar refractivity (Wildman–Crippen MR) is 142 cm³/mol. The molecule has 0 spiro atoms. The van der Waals surface area contributed by atoms with Gasteiger partial charge in [-0.1, -0.05) is 25.7 Å². The van der Waals surface area contributed by atoms with Gasteiger partial charge in [-0.05, 0) is 43.7 Å². The summed E-state index contributed by atoms with van der Waals surface area (Å²) in [7, 11) is 3.27. The van der Waals surface area contributed by atoms with Gasteiger partial charge in [0.2, 0.25) is 5.88 Å². The van der Waals surface area contributed by atoms with Crippen LogP contribution in [0.15, 0.2) is 36.5 Å². The summed E-state index contributed by atoms with van der Waals surface area (Å²) in [6.07, 6.45) is 2.84. The minimum absolute atomic E-state index is 0.145. The highest BCUT2D eigenvalue weighted by Crippen LogP contribution is 2.27. The van der Waals surface area contributed by atoms with Gasteiger partial charge < -0.3 is 29.7 Å². The smallest absolute Gasteiger partial charge is 0.321 e. The van der Waals surface area contributed by atoms with Gasteiger partial charge in [0.05, 0.1) is 26.3 Å². The van der Waals surface area contributed by atoms with Gasteiger partial charge in [-0.25, -0.2) is 9.78 Å². The second kappa shape index (κ2) is 13.0. The third-order valence-electron chi connectivity index (χ3n) is 6.27. The second-order valence-corrected chi connectivity index (χ2v) is 9.29. The summed E-state index contributed by atoms with van der Waals surface area (Å²) >= 11 is 0. The molecule has 1 aliphatic heterocycles. The standard InChI is InChI=1S/C28H36N4O5/c1-6-7-8-9-21-14-24-26(29-15-21)37-25(19(2)16-32(27(24)34)20(3)18-33)17-31(4)28(35)30-22-10-12-23(36-5)13-11-22/h10-15,19-20,25,33H,6-7,16-18H2,1-5H3,(H,30,35)/t19-,20+,25+/m0/s1. The Morgan fingerprint density at radius 1 is 1.38 bits per heavy atom. The van der Waals surface area contributed by atoms with E-state index in [1.54, 1.807) is 67.4 Å². The average Bonchev–Trinajstić information content (AvgIpc) is 2.90. The van der Waals surface area contributed by atoms with Gasteiger partial charge in [0.15, 0.2) is 0 Å². The summed E-state index contributed by atoms with van der Waals surface area (Å²) in [6.45, 7) is 6.25. The lowest BCUT2D eigenvalue weighted by atomic mass is 10.00. The number of aliphatic hydroxyl groups is 1. The Kier molecular flexibility index (Phi) is 9.75. The van der Waals surface area contributed by atoms with Crippen LogP contribution in [0.25, 0.3) is 0 Å². The molecule has 198 valence electrons. The first-order chi connectivity index (χ1) is 17.8. The van der Waals surface area contributed by atoms with E-state index >= 15 is 0 Å². The molecular formula is C28H36N4O5. The molecule has 0 unspecified atom stereocenters. The van der Waals surface area contributed by atoms with E-state index in [0.29, 0.717) is 29.1 Å². The summed E-state index contributed by atoms with van der Waals surface area (Å²) < 4.78 is 11.4. The van der Waals surface area contributed by atoms with Crippen LogP contribution in [0.4, 0.5) is 10.5 Å². The van der Waals surface area contributed by atoms with E-state index in [9.17, 15) is 14.7 Å². The number of carbonyl (C=O) groups excluding carboxylic acids is 2. The Hall–Kier alpha value is -3.77. The van der Waals surface area contributed by atoms with Crippen LogP contribution in [-0.2, 0) is 0 Å². The number of nitrogens with one attached hydrogen (secondary N) is 1. The number of benzene rings is 1. The van der Waals surface area contributed by atoms with Gasteiger partial charge >= 0.3 is 6.03 Å². The minimum Gasteiger partial charge on any atom is -0.497 e. The number of fused-ring (bicyclic) bond motifs is 1. The number of aromatic nitrogens is 1. The maximum absolute atomic E-state index is 13.5. The van der Waals surface area contributed by atoms with Crippen molar-refractivity contribution in [3.63, 3.8) is 0 Å². The van der Waals surface area contributed by atoms with Crippen LogP contribution in [0.2, 0.25) is 0 Å². The molecule has 1 aromatic heterocycles. The predicted octanol–water partition coefficient (Wildman–Crippen LogP) is 3.63. The SMILES string of the molecule is CCCC#Cc1cnc2c(c1)C(=O)N([C@H](C)CO)C[C@H](C)[C@@H](CN(C)C(=O)Nc1ccc(OC)cc1)O2. The average molecular weight is 509 g/mol. The zero-order chi connectivity index (χ0) is 26.9. The third kappa shape index (κ3) is 7.14. The van der Waals surface area contributed by atoms with Gasteiger partial charge in [-0.3, -0.25) is 4.79 Å². The summed E-state index contributed by atoms with van der Waals surface area (Å²) in [6, 6.07) is 8.07. The van der Waals surface area contributed by atoms with Crippen molar-refractivity contribution < 1.29 is 24.2 Å². The lowest BCUT2D eigenvalue weighted by Gasteiger charge is -2.37. The molecule has 1 aromatic carbocycles. The second-order valence-electron chi connectivity index (χ2n) is 9.29. The molecule has 0 saturated heterocycles. The largest absolute Gasteiger partial charge is 0.497 e. The van der Waals surface area contributed by atoms with E-state index in [1.807, 2.05) is 6.92 Å². The Bertz CT molecular complexity index is 1140. The highest BCUT2D eigenvalue weighted by molar-refractivity contribution is 5.97. The Labute approximate surface area is 218 Å². The van der Waals surface area contributed by atoms with E-state index in [1.165, 1.54) is 0 Å². The first-order valence-electron chi connectivity index (χ1n) is 12.5. The number of unbranched alkanes of at least 4 members (excludes halogenated alkanes) is 1. The van der Waals surface area contributed by atoms with Crippen molar-refractivity contribution in [2.24, 2.45) is 5.92 Å². The number of pyridine rings is 1. The molecule has 9 heteroatoms. The molecule has 0 bridgehead atoms. The molecule has 2 N–H and O–H groups in total. The first kappa shape index (κ1) is 27.8. The maximum Gasteiger partial charge on any atom is 0.321 e. The van der Waals surface area contributed by atoms with Gasteiger partial charge in [0.25, 0.3) is 5.91 Å². The number of nitrogens with zero attached hydrogens (tertiary/aromatic N) is 3. The van der Waals surface area contributed by atoms with Crippen LogP contribution in [0.1, 0.15) is 49.5 Å². The van der Waals surface area contributed by atoms with E-state index in [-0.39, 0.29) is 36.9 Å². The topological polar surface area (TPSA) is 104 Å². The molecule has 37 heavy (non-hydrogen) atoms. The van der Waals surface area contributed by atoms with E-state index in [2.05, 4.69) is 29.1 Å². The van der Waals surface area contributed by atoms with Crippen LogP contribution < -0.4 is 14.8 Å². The number of rotatable bonds is 7. The number of aliphatic hydroxyl groups excluding tert-OH is 1. The Morgan fingerprint density at radius 2 is 2.11 bits per heavy atom. The van der Waals surface area contributed by atoms with Gasteiger partial charge in [0, 0.05) is 43.4 Å². The summed E-state index contributed by atoms with van der Waals surface area (Å²) in [4.78, 5) is 34.0. The van der Waals surface area contributed by atoms with Crippen molar-refractivity contribution in [3.8, 4) is 23.5 Å². The van der Waals surface area contributed by atoms with Crippen molar-refractivity contribution in [2.45, 2.75) is 45.8 Å². The highest BCUT2D eigenvalue weighted by atomic mass is 16.5. The molecular weight excluding hydrogens is 472 g/mol. The third-order valence-corrected chi connectivity index (χ3v) is 6.27. The number of amides is 3. The molecule has 0 fully saturated rings. The molecule has 3 atom stereocenters. The van der Waals surface area contributed by atoms with Crippen LogP contribution in [0, 0.1) is 17.8 Å². The Morgan fingerprint density at radius 3 is 2.76 bits per heavy atom. The monoisotopic (exact) mass is 508 g/mol. The summed E-state index contributed by atoms with van der Waals surface area (Å²) in [5.41, 5.74) is 1.56. The number of hydrogen-bond acceptors (Lipinski definition) is 6. The molecule has 2 heterocycles. The van der Waals surface area contributed by atoms with Crippen molar-refractivity contribution >= 4 is 17.6 Å². The number of ether oxygens (including phenoxy) is 2. The molecule has 2 aromatic rings. The van der Waals surface area contributed by atoms with Crippen molar-refractivity contribution in [1.29, 1.82) is 0 Å². The van der Waals surface area contributed by atoms with Crippen LogP contribution in [0.3, 0.4) is 0 Å². The fraction of sp³-hybridized carbons (Fsp3) is 0.464. The lowest BCUT2D eigenvalue weighted by molar-refractivity contribution is 0.0356. The van der Waals surface area contributed by atoms with E-state index in [4.69, 9.17) is 9.47 Å². The number of hydrogen-bond donors (Lipinski definition) is 2. The lowest BCUT2D eigenvalue weighted by Crippen LogP contribution is -2.50. The number of likely N-dealkylation sites (N-methyl/N-ethyl adjacent to an activating group) is 1. The number of anilines is 1. The Balaban J connectivity index is 1.84. The molecule has 3 rings (SSSR count). The summed E-state index contributed by atoms with van der Waals surface area (Å²) in [5, 5.41) is 12.7. The summed E-state index contributed by atoms with van der Waals surface area (Å²) in [5.74, 6) is 6.61. The number of carbonyl (C=O) groups is 2. The van der Waals surface area contributed by atoms with Crippen molar-refractivity contribution in [1.82, 2.24) is 14.8 Å². The van der Waals surface area contributed by atoms with E-state index < -0.39 is 12.1 Å². The minimum atomic E-state index is -0.448. The quantitative estimate of drug-likeness (QED) is 0.554. The van der Waals surface area contributed by atoms with Crippen LogP contribution >= 0.6 is 0 Å². The van der Waals surface area contributed by atoms with E-state index in [0.717, 1.165) is 12.8 Å². The van der Waals surface area contributed by atoms with Crippen LogP contribution in [0.5, 0.6) is 11.6 Å². The fourth-order valence-electron chi connectivity index (χ4n) is 3.92. The van der Waals surface area contributed by atoms with Crippen molar-refractivity contribution in [2.75, 3.05) is 39.2 Å².